The van der Waals surface area contributed by atoms with E-state index in [-0.39, 0.29) is 11.8 Å². The molecule has 0 saturated heterocycles. The Morgan fingerprint density at radius 3 is 2.64 bits per heavy atom. The van der Waals surface area contributed by atoms with Crippen LogP contribution in [0, 0.1) is 11.8 Å². The highest BCUT2D eigenvalue weighted by molar-refractivity contribution is 5.70. The summed E-state index contributed by atoms with van der Waals surface area (Å²) in [6.45, 7) is 0.474. The van der Waals surface area contributed by atoms with E-state index in [2.05, 4.69) is 0 Å². The van der Waals surface area contributed by atoms with Crippen LogP contribution in [-0.4, -0.2) is 17.6 Å². The number of aliphatic carboxylic acids is 1. The quantitative estimate of drug-likeness (QED) is 0.574. The lowest BCUT2D eigenvalue weighted by atomic mass is 9.83. The molecule has 3 heteroatoms. The molecule has 0 aromatic rings. The van der Waals surface area contributed by atoms with E-state index in [1.54, 1.807) is 0 Å². The van der Waals surface area contributed by atoms with Gasteiger partial charge in [-0.05, 0) is 25.3 Å². The van der Waals surface area contributed by atoms with Crippen molar-refractivity contribution in [3.8, 4) is 0 Å². The molecule has 2 atom stereocenters. The van der Waals surface area contributed by atoms with Gasteiger partial charge in [0.25, 0.3) is 0 Å². The van der Waals surface area contributed by atoms with Crippen molar-refractivity contribution in [3.05, 3.63) is 12.2 Å². The summed E-state index contributed by atoms with van der Waals surface area (Å²) in [6.07, 6.45) is 5.38. The van der Waals surface area contributed by atoms with Crippen LogP contribution in [0.1, 0.15) is 12.8 Å². The average molecular weight is 155 g/mol. The van der Waals surface area contributed by atoms with Crippen molar-refractivity contribution in [3.63, 3.8) is 0 Å². The van der Waals surface area contributed by atoms with Gasteiger partial charge in [0.2, 0.25) is 0 Å². The molecular weight excluding hydrogens is 142 g/mol. The Kier molecular flexibility index (Phi) is 2.65. The molecule has 62 valence electrons. The summed E-state index contributed by atoms with van der Waals surface area (Å²) in [5, 5.41) is 8.75. The Hall–Kier alpha value is -0.830. The van der Waals surface area contributed by atoms with Crippen LogP contribution in [0.4, 0.5) is 0 Å². The highest BCUT2D eigenvalue weighted by Crippen LogP contribution is 2.24. The largest absolute Gasteiger partial charge is 0.481 e. The van der Waals surface area contributed by atoms with Crippen LogP contribution in [0.25, 0.3) is 0 Å². The highest BCUT2D eigenvalue weighted by Gasteiger charge is 2.26. The number of allylic oxidation sites excluding steroid dienone is 2. The van der Waals surface area contributed by atoms with Crippen LogP contribution in [0.15, 0.2) is 12.2 Å². The molecule has 0 heterocycles. The lowest BCUT2D eigenvalue weighted by Crippen LogP contribution is -2.30. The zero-order valence-corrected chi connectivity index (χ0v) is 6.36. The fraction of sp³-hybridized carbons (Fsp3) is 0.625. The van der Waals surface area contributed by atoms with E-state index in [4.69, 9.17) is 10.8 Å². The minimum atomic E-state index is -0.718. The van der Waals surface area contributed by atoms with Gasteiger partial charge in [0.15, 0.2) is 0 Å². The van der Waals surface area contributed by atoms with Crippen molar-refractivity contribution < 1.29 is 9.90 Å². The summed E-state index contributed by atoms with van der Waals surface area (Å²) >= 11 is 0. The second-order valence-electron chi connectivity index (χ2n) is 2.88. The molecule has 1 aliphatic rings. The van der Waals surface area contributed by atoms with E-state index in [1.807, 2.05) is 12.2 Å². The SMILES string of the molecule is NC[C@@H]1CC=CC[C@@H]1C(=O)O. The van der Waals surface area contributed by atoms with Gasteiger partial charge in [-0.3, -0.25) is 4.79 Å². The molecular formula is C8H13NO2. The molecule has 0 spiro atoms. The van der Waals surface area contributed by atoms with Crippen LogP contribution in [0.5, 0.6) is 0 Å². The van der Waals surface area contributed by atoms with Crippen molar-refractivity contribution >= 4 is 5.97 Å². The topological polar surface area (TPSA) is 63.3 Å². The number of carbonyl (C=O) groups is 1. The van der Waals surface area contributed by atoms with Gasteiger partial charge in [-0.1, -0.05) is 12.2 Å². The van der Waals surface area contributed by atoms with Crippen LogP contribution < -0.4 is 5.73 Å². The molecule has 3 nitrogen and oxygen atoms in total. The van der Waals surface area contributed by atoms with Gasteiger partial charge in [-0.2, -0.15) is 0 Å². The molecule has 11 heavy (non-hydrogen) atoms. The maximum Gasteiger partial charge on any atom is 0.307 e. The van der Waals surface area contributed by atoms with Gasteiger partial charge in [0.05, 0.1) is 5.92 Å². The summed E-state index contributed by atoms with van der Waals surface area (Å²) in [5.41, 5.74) is 5.43. The first-order valence-corrected chi connectivity index (χ1v) is 3.83. The Morgan fingerprint density at radius 1 is 1.55 bits per heavy atom. The lowest BCUT2D eigenvalue weighted by molar-refractivity contribution is -0.143. The van der Waals surface area contributed by atoms with Crippen molar-refractivity contribution in [2.45, 2.75) is 12.8 Å². The minimum absolute atomic E-state index is 0.137. The number of hydrogen-bond donors (Lipinski definition) is 2. The number of carboxylic acids is 1. The Bertz CT molecular complexity index is 177. The predicted molar refractivity (Wildman–Crippen MR) is 42.0 cm³/mol. The van der Waals surface area contributed by atoms with E-state index in [0.717, 1.165) is 6.42 Å². The lowest BCUT2D eigenvalue weighted by Gasteiger charge is -2.23. The molecule has 1 rings (SSSR count). The van der Waals surface area contributed by atoms with E-state index < -0.39 is 5.97 Å². The molecule has 0 aliphatic heterocycles. The maximum atomic E-state index is 10.6. The van der Waals surface area contributed by atoms with Crippen LogP contribution in [-0.2, 0) is 4.79 Å². The summed E-state index contributed by atoms with van der Waals surface area (Å²) in [5.74, 6) is -0.840. The van der Waals surface area contributed by atoms with Gasteiger partial charge in [-0.25, -0.2) is 0 Å². The number of carboxylic acid groups (broad SMARTS) is 1. The van der Waals surface area contributed by atoms with E-state index in [1.165, 1.54) is 0 Å². The number of hydrogen-bond acceptors (Lipinski definition) is 2. The smallest absolute Gasteiger partial charge is 0.307 e. The average Bonchev–Trinajstić information content (AvgIpc) is 2.04. The number of nitrogens with two attached hydrogens (primary N) is 1. The van der Waals surface area contributed by atoms with Crippen molar-refractivity contribution in [2.24, 2.45) is 17.6 Å². The Labute approximate surface area is 65.9 Å². The summed E-state index contributed by atoms with van der Waals surface area (Å²) < 4.78 is 0. The summed E-state index contributed by atoms with van der Waals surface area (Å²) in [7, 11) is 0. The second-order valence-corrected chi connectivity index (χ2v) is 2.88. The number of rotatable bonds is 2. The Morgan fingerprint density at radius 2 is 2.18 bits per heavy atom. The third kappa shape index (κ3) is 1.80. The molecule has 0 fully saturated rings. The molecule has 1 aliphatic carbocycles. The molecule has 3 N–H and O–H groups in total. The van der Waals surface area contributed by atoms with Gasteiger partial charge >= 0.3 is 5.97 Å². The monoisotopic (exact) mass is 155 g/mol. The van der Waals surface area contributed by atoms with E-state index in [0.29, 0.717) is 13.0 Å². The molecule has 0 unspecified atom stereocenters. The molecule has 0 aromatic carbocycles. The zero-order chi connectivity index (χ0) is 8.27. The standard InChI is InChI=1S/C8H13NO2/c9-5-6-3-1-2-4-7(6)8(10)11/h1-2,6-7H,3-5,9H2,(H,10,11)/t6-,7-/m0/s1. The van der Waals surface area contributed by atoms with Crippen molar-refractivity contribution in [2.75, 3.05) is 6.54 Å². The van der Waals surface area contributed by atoms with Crippen molar-refractivity contribution in [1.29, 1.82) is 0 Å². The first-order valence-electron chi connectivity index (χ1n) is 3.83. The molecule has 0 radical (unpaired) electrons. The minimum Gasteiger partial charge on any atom is -0.481 e. The van der Waals surface area contributed by atoms with Gasteiger partial charge in [-0.15, -0.1) is 0 Å². The molecule has 0 bridgehead atoms. The third-order valence-corrected chi connectivity index (χ3v) is 2.18. The van der Waals surface area contributed by atoms with Gasteiger partial charge in [0.1, 0.15) is 0 Å². The normalized spacial score (nSPS) is 30.3. The van der Waals surface area contributed by atoms with E-state index >= 15 is 0 Å². The predicted octanol–water partition coefficient (Wildman–Crippen LogP) is 0.612. The fourth-order valence-corrected chi connectivity index (χ4v) is 1.43. The molecule has 0 aromatic heterocycles. The Balaban J connectivity index is 2.61. The summed E-state index contributed by atoms with van der Waals surface area (Å²) in [4.78, 5) is 10.6. The van der Waals surface area contributed by atoms with Gasteiger partial charge in [0, 0.05) is 0 Å². The maximum absolute atomic E-state index is 10.6. The van der Waals surface area contributed by atoms with Crippen LogP contribution >= 0.6 is 0 Å². The zero-order valence-electron chi connectivity index (χ0n) is 6.36. The second kappa shape index (κ2) is 3.53. The van der Waals surface area contributed by atoms with E-state index in [9.17, 15) is 4.79 Å². The molecule has 0 amide bonds. The van der Waals surface area contributed by atoms with Crippen LogP contribution in [0.3, 0.4) is 0 Å². The van der Waals surface area contributed by atoms with Gasteiger partial charge < -0.3 is 10.8 Å². The first-order chi connectivity index (χ1) is 5.25. The summed E-state index contributed by atoms with van der Waals surface area (Å²) in [6, 6.07) is 0. The van der Waals surface area contributed by atoms with Crippen molar-refractivity contribution in [1.82, 2.24) is 0 Å². The molecule has 0 saturated carbocycles. The van der Waals surface area contributed by atoms with Crippen LogP contribution in [0.2, 0.25) is 0 Å². The third-order valence-electron chi connectivity index (χ3n) is 2.18. The highest BCUT2D eigenvalue weighted by atomic mass is 16.4. The fourth-order valence-electron chi connectivity index (χ4n) is 1.43. The first kappa shape index (κ1) is 8.27.